The minimum atomic E-state index is 0.694. The molecule has 0 saturated heterocycles. The molecule has 0 aliphatic heterocycles. The van der Waals surface area contributed by atoms with Crippen LogP contribution in [0.15, 0.2) is 23.0 Å². The number of hydrogen-bond donors (Lipinski definition) is 1. The Morgan fingerprint density at radius 3 is 3.12 bits per heavy atom. The molecule has 0 atom stereocenters. The summed E-state index contributed by atoms with van der Waals surface area (Å²) in [5, 5.41) is 7.01. The van der Waals surface area contributed by atoms with Gasteiger partial charge >= 0.3 is 0 Å². The van der Waals surface area contributed by atoms with Crippen molar-refractivity contribution in [3.63, 3.8) is 0 Å². The van der Waals surface area contributed by atoms with Crippen LogP contribution in [0.1, 0.15) is 24.2 Å². The summed E-state index contributed by atoms with van der Waals surface area (Å²) in [5.74, 6) is 1.92. The van der Waals surface area contributed by atoms with Crippen LogP contribution < -0.4 is 5.32 Å². The highest BCUT2D eigenvalue weighted by Crippen LogP contribution is 2.08. The smallest absolute Gasteiger partial charge is 0.156 e. The summed E-state index contributed by atoms with van der Waals surface area (Å²) in [4.78, 5) is 4.26. The maximum atomic E-state index is 5.25. The molecule has 16 heavy (non-hydrogen) atoms. The van der Waals surface area contributed by atoms with Gasteiger partial charge < -0.3 is 14.4 Å². The largest absolute Gasteiger partial charge is 0.359 e. The lowest BCUT2D eigenvalue weighted by atomic mass is 10.3. The maximum Gasteiger partial charge on any atom is 0.156 e. The second kappa shape index (κ2) is 4.94. The third-order valence-electron chi connectivity index (χ3n) is 2.41. The summed E-state index contributed by atoms with van der Waals surface area (Å²) in [6, 6.07) is 1.97. The molecule has 0 aliphatic rings. The van der Waals surface area contributed by atoms with Crippen LogP contribution in [0.5, 0.6) is 0 Å². The minimum Gasteiger partial charge on any atom is -0.359 e. The Morgan fingerprint density at radius 2 is 2.38 bits per heavy atom. The van der Waals surface area contributed by atoms with E-state index in [2.05, 4.69) is 26.9 Å². The van der Waals surface area contributed by atoms with Crippen LogP contribution in [-0.4, -0.2) is 21.8 Å². The van der Waals surface area contributed by atoms with E-state index in [1.54, 1.807) is 0 Å². The van der Waals surface area contributed by atoms with Gasteiger partial charge in [0, 0.05) is 31.4 Å². The standard InChI is InChI=1S/C11H16N4O/c1-3-11-13-4-5-15(11)8-10-6-9(7-12-2)14-16-10/h4-6,12H,3,7-8H2,1-2H3. The first-order valence-electron chi connectivity index (χ1n) is 5.42. The predicted octanol–water partition coefficient (Wildman–Crippen LogP) is 1.20. The first kappa shape index (κ1) is 10.9. The molecule has 2 aromatic rings. The molecular weight excluding hydrogens is 204 g/mol. The van der Waals surface area contributed by atoms with Gasteiger partial charge in [0.25, 0.3) is 0 Å². The molecule has 0 aromatic carbocycles. The molecule has 0 radical (unpaired) electrons. The summed E-state index contributed by atoms with van der Waals surface area (Å²) in [7, 11) is 1.89. The molecule has 0 saturated carbocycles. The van der Waals surface area contributed by atoms with Crippen molar-refractivity contribution in [3.05, 3.63) is 35.7 Å². The fourth-order valence-electron chi connectivity index (χ4n) is 1.66. The van der Waals surface area contributed by atoms with Crippen molar-refractivity contribution in [3.8, 4) is 0 Å². The Balaban J connectivity index is 2.08. The number of nitrogens with zero attached hydrogens (tertiary/aromatic N) is 3. The zero-order valence-corrected chi connectivity index (χ0v) is 9.60. The molecular formula is C11H16N4O. The van der Waals surface area contributed by atoms with Gasteiger partial charge in [-0.2, -0.15) is 0 Å². The molecule has 0 amide bonds. The fraction of sp³-hybridized carbons (Fsp3) is 0.455. The molecule has 2 aromatic heterocycles. The maximum absolute atomic E-state index is 5.25. The second-order valence-corrected chi connectivity index (χ2v) is 3.64. The van der Waals surface area contributed by atoms with Gasteiger partial charge in [-0.15, -0.1) is 0 Å². The fourth-order valence-corrected chi connectivity index (χ4v) is 1.66. The molecule has 5 nitrogen and oxygen atoms in total. The quantitative estimate of drug-likeness (QED) is 0.822. The van der Waals surface area contributed by atoms with E-state index in [0.29, 0.717) is 6.54 Å². The van der Waals surface area contributed by atoms with E-state index in [0.717, 1.165) is 30.2 Å². The van der Waals surface area contributed by atoms with Crippen LogP contribution in [0.4, 0.5) is 0 Å². The second-order valence-electron chi connectivity index (χ2n) is 3.64. The highest BCUT2D eigenvalue weighted by atomic mass is 16.5. The highest BCUT2D eigenvalue weighted by molar-refractivity contribution is 5.07. The normalized spacial score (nSPS) is 10.9. The number of nitrogens with one attached hydrogen (secondary N) is 1. The van der Waals surface area contributed by atoms with E-state index in [9.17, 15) is 0 Å². The van der Waals surface area contributed by atoms with Gasteiger partial charge in [-0.25, -0.2) is 4.98 Å². The summed E-state index contributed by atoms with van der Waals surface area (Å²) in [5.41, 5.74) is 0.927. The van der Waals surface area contributed by atoms with E-state index >= 15 is 0 Å². The Morgan fingerprint density at radius 1 is 1.50 bits per heavy atom. The van der Waals surface area contributed by atoms with Crippen LogP contribution in [0.2, 0.25) is 0 Å². The third-order valence-corrected chi connectivity index (χ3v) is 2.41. The average Bonchev–Trinajstić information content (AvgIpc) is 2.89. The number of rotatable bonds is 5. The van der Waals surface area contributed by atoms with E-state index < -0.39 is 0 Å². The van der Waals surface area contributed by atoms with Crippen molar-refractivity contribution in [1.29, 1.82) is 0 Å². The van der Waals surface area contributed by atoms with Gasteiger partial charge in [0.15, 0.2) is 5.76 Å². The molecule has 86 valence electrons. The number of aryl methyl sites for hydroxylation is 1. The molecule has 2 rings (SSSR count). The van der Waals surface area contributed by atoms with Gasteiger partial charge in [-0.1, -0.05) is 12.1 Å². The van der Waals surface area contributed by atoms with Crippen molar-refractivity contribution in [2.24, 2.45) is 0 Å². The van der Waals surface area contributed by atoms with E-state index in [-0.39, 0.29) is 0 Å². The van der Waals surface area contributed by atoms with E-state index in [4.69, 9.17) is 4.52 Å². The van der Waals surface area contributed by atoms with E-state index in [1.807, 2.05) is 25.5 Å². The first-order valence-corrected chi connectivity index (χ1v) is 5.42. The van der Waals surface area contributed by atoms with Gasteiger partial charge in [-0.3, -0.25) is 0 Å². The van der Waals surface area contributed by atoms with Crippen LogP contribution in [0, 0.1) is 0 Å². The lowest BCUT2D eigenvalue weighted by Gasteiger charge is -2.02. The highest BCUT2D eigenvalue weighted by Gasteiger charge is 2.06. The van der Waals surface area contributed by atoms with E-state index in [1.165, 1.54) is 0 Å². The number of aromatic nitrogens is 3. The van der Waals surface area contributed by atoms with Crippen LogP contribution in [0.3, 0.4) is 0 Å². The predicted molar refractivity (Wildman–Crippen MR) is 60.0 cm³/mol. The number of hydrogen-bond acceptors (Lipinski definition) is 4. The summed E-state index contributed by atoms with van der Waals surface area (Å²) < 4.78 is 7.32. The van der Waals surface area contributed by atoms with Gasteiger partial charge in [-0.05, 0) is 7.05 Å². The third kappa shape index (κ3) is 2.30. The Hall–Kier alpha value is -1.62. The summed E-state index contributed by atoms with van der Waals surface area (Å²) in [6.45, 7) is 3.51. The summed E-state index contributed by atoms with van der Waals surface area (Å²) >= 11 is 0. The van der Waals surface area contributed by atoms with Crippen molar-refractivity contribution in [2.45, 2.75) is 26.4 Å². The lowest BCUT2D eigenvalue weighted by molar-refractivity contribution is 0.368. The van der Waals surface area contributed by atoms with Gasteiger partial charge in [0.2, 0.25) is 0 Å². The number of imidazole rings is 1. The molecule has 0 spiro atoms. The zero-order chi connectivity index (χ0) is 11.4. The Kier molecular flexibility index (Phi) is 3.36. The topological polar surface area (TPSA) is 55.9 Å². The molecule has 2 heterocycles. The van der Waals surface area contributed by atoms with Gasteiger partial charge in [0.1, 0.15) is 5.82 Å². The average molecular weight is 220 g/mol. The minimum absolute atomic E-state index is 0.694. The Bertz CT molecular complexity index is 446. The Labute approximate surface area is 94.5 Å². The molecule has 0 bridgehead atoms. The van der Waals surface area contributed by atoms with Crippen LogP contribution in [-0.2, 0) is 19.5 Å². The summed E-state index contributed by atoms with van der Waals surface area (Å²) in [6.07, 6.45) is 4.69. The zero-order valence-electron chi connectivity index (χ0n) is 9.60. The first-order chi connectivity index (χ1) is 7.83. The van der Waals surface area contributed by atoms with Crippen molar-refractivity contribution >= 4 is 0 Å². The molecule has 0 unspecified atom stereocenters. The molecule has 5 heteroatoms. The molecule has 0 aliphatic carbocycles. The van der Waals surface area contributed by atoms with Crippen molar-refractivity contribution < 1.29 is 4.52 Å². The molecule has 1 N–H and O–H groups in total. The van der Waals surface area contributed by atoms with Crippen molar-refractivity contribution in [2.75, 3.05) is 7.05 Å². The van der Waals surface area contributed by atoms with Crippen molar-refractivity contribution in [1.82, 2.24) is 20.0 Å². The van der Waals surface area contributed by atoms with Gasteiger partial charge in [0.05, 0.1) is 12.2 Å². The molecule has 0 fully saturated rings. The monoisotopic (exact) mass is 220 g/mol. The van der Waals surface area contributed by atoms with Crippen LogP contribution >= 0.6 is 0 Å². The SMILES string of the molecule is CCc1nccn1Cc1cc(CNC)no1. The lowest BCUT2D eigenvalue weighted by Crippen LogP contribution is -2.05. The van der Waals surface area contributed by atoms with Crippen LogP contribution in [0.25, 0.3) is 0 Å².